The molecular weight excluding hydrogens is 198 g/mol. The lowest BCUT2D eigenvalue weighted by Gasteiger charge is -1.93. The second-order valence-electron chi connectivity index (χ2n) is 2.51. The first-order chi connectivity index (χ1) is 6.76. The average molecular weight is 204 g/mol. The second kappa shape index (κ2) is 5.07. The third kappa shape index (κ3) is 2.94. The molecule has 0 unspecified atom stereocenters. The molecule has 0 aliphatic heterocycles. The maximum absolute atomic E-state index is 10.0. The number of aldehydes is 1. The molecule has 1 rings (SSSR count). The summed E-state index contributed by atoms with van der Waals surface area (Å²) < 4.78 is 0. The predicted molar refractivity (Wildman–Crippen MR) is 53.7 cm³/mol. The minimum absolute atomic E-state index is 0.189. The van der Waals surface area contributed by atoms with Crippen LogP contribution in [0.5, 0.6) is 0 Å². The quantitative estimate of drug-likeness (QED) is 0.518. The van der Waals surface area contributed by atoms with E-state index in [-0.39, 0.29) is 6.42 Å². The van der Waals surface area contributed by atoms with Crippen LogP contribution in [0.4, 0.5) is 0 Å². The molecule has 3 heteroatoms. The monoisotopic (exact) mass is 203 g/mol. The Balaban J connectivity index is 3.00. The maximum Gasteiger partial charge on any atom is 0.131 e. The highest BCUT2D eigenvalue weighted by Gasteiger charge is 1.95. The number of carbonyl (C=O) groups excluding carboxylic acids is 1. The van der Waals surface area contributed by atoms with Crippen LogP contribution in [-0.2, 0) is 4.79 Å². The van der Waals surface area contributed by atoms with Crippen molar-refractivity contribution in [2.75, 3.05) is 0 Å². The summed E-state index contributed by atoms with van der Waals surface area (Å²) in [5.74, 6) is 5.39. The van der Waals surface area contributed by atoms with Gasteiger partial charge in [-0.25, -0.2) is 0 Å². The molecule has 68 valence electrons. The molecule has 1 aromatic rings. The van der Waals surface area contributed by atoms with Gasteiger partial charge < -0.3 is 4.79 Å². The number of nitriles is 1. The molecule has 0 N–H and O–H groups in total. The Morgan fingerprint density at radius 2 is 2.07 bits per heavy atom. The van der Waals surface area contributed by atoms with Crippen molar-refractivity contribution in [3.05, 3.63) is 34.3 Å². The van der Waals surface area contributed by atoms with Gasteiger partial charge in [-0.3, -0.25) is 0 Å². The molecule has 0 bridgehead atoms. The highest BCUT2D eigenvalue weighted by atomic mass is 35.5. The van der Waals surface area contributed by atoms with Gasteiger partial charge in [0, 0.05) is 10.6 Å². The van der Waals surface area contributed by atoms with E-state index < -0.39 is 0 Å². The number of nitrogens with zero attached hydrogens (tertiary/aromatic N) is 1. The van der Waals surface area contributed by atoms with E-state index in [1.165, 1.54) is 0 Å². The molecule has 0 radical (unpaired) electrons. The van der Waals surface area contributed by atoms with Crippen molar-refractivity contribution >= 4 is 17.9 Å². The van der Waals surface area contributed by atoms with Gasteiger partial charge >= 0.3 is 0 Å². The fraction of sp³-hybridized carbons (Fsp3) is 0.0909. The number of halogens is 1. The number of hydrogen-bond donors (Lipinski definition) is 0. The SMILES string of the molecule is N#Cc1cc(Cl)cc(C#CCC=O)c1. The zero-order valence-electron chi connectivity index (χ0n) is 7.25. The summed E-state index contributed by atoms with van der Waals surface area (Å²) in [7, 11) is 0. The van der Waals surface area contributed by atoms with Gasteiger partial charge in [0.05, 0.1) is 18.1 Å². The molecule has 2 nitrogen and oxygen atoms in total. The number of hydrogen-bond acceptors (Lipinski definition) is 2. The van der Waals surface area contributed by atoms with E-state index in [0.29, 0.717) is 16.1 Å². The fourth-order valence-corrected chi connectivity index (χ4v) is 1.16. The Kier molecular flexibility index (Phi) is 3.73. The first-order valence-electron chi connectivity index (χ1n) is 3.89. The van der Waals surface area contributed by atoms with Gasteiger partial charge in [-0.15, -0.1) is 0 Å². The van der Waals surface area contributed by atoms with Crippen molar-refractivity contribution in [3.8, 4) is 17.9 Å². The first-order valence-corrected chi connectivity index (χ1v) is 4.27. The van der Waals surface area contributed by atoms with Crippen LogP contribution in [0.2, 0.25) is 5.02 Å². The highest BCUT2D eigenvalue weighted by molar-refractivity contribution is 6.30. The molecule has 0 aliphatic rings. The normalized spacial score (nSPS) is 8.29. The summed E-state index contributed by atoms with van der Waals surface area (Å²) >= 11 is 5.75. The summed E-state index contributed by atoms with van der Waals surface area (Å²) in [6.07, 6.45) is 0.914. The Bertz CT molecular complexity index is 449. The van der Waals surface area contributed by atoms with E-state index in [1.54, 1.807) is 18.2 Å². The first kappa shape index (κ1) is 10.3. The zero-order valence-corrected chi connectivity index (χ0v) is 8.01. The predicted octanol–water partition coefficient (Wildman–Crippen LogP) is 2.15. The van der Waals surface area contributed by atoms with Gasteiger partial charge in [0.15, 0.2) is 0 Å². The van der Waals surface area contributed by atoms with Gasteiger partial charge in [0.2, 0.25) is 0 Å². The molecule has 0 aromatic heterocycles. The number of benzene rings is 1. The van der Waals surface area contributed by atoms with E-state index in [4.69, 9.17) is 16.9 Å². The second-order valence-corrected chi connectivity index (χ2v) is 2.95. The molecule has 0 saturated carbocycles. The lowest BCUT2D eigenvalue weighted by Crippen LogP contribution is -1.79. The van der Waals surface area contributed by atoms with Crippen molar-refractivity contribution < 1.29 is 4.79 Å². The number of rotatable bonds is 1. The minimum Gasteiger partial charge on any atom is -0.302 e. The van der Waals surface area contributed by atoms with Crippen LogP contribution < -0.4 is 0 Å². The third-order valence-corrected chi connectivity index (χ3v) is 1.66. The molecule has 0 fully saturated rings. The van der Waals surface area contributed by atoms with E-state index in [0.717, 1.165) is 6.29 Å². The molecule has 0 heterocycles. The Morgan fingerprint density at radius 1 is 1.36 bits per heavy atom. The Labute approximate surface area is 87.1 Å². The van der Waals surface area contributed by atoms with E-state index in [2.05, 4.69) is 11.8 Å². The van der Waals surface area contributed by atoms with Gasteiger partial charge in [-0.2, -0.15) is 5.26 Å². The topological polar surface area (TPSA) is 40.9 Å². The minimum atomic E-state index is 0.189. The van der Waals surface area contributed by atoms with E-state index in [1.807, 2.05) is 6.07 Å². The summed E-state index contributed by atoms with van der Waals surface area (Å²) in [4.78, 5) is 10.0. The van der Waals surface area contributed by atoms with Crippen LogP contribution in [-0.4, -0.2) is 6.29 Å². The van der Waals surface area contributed by atoms with Crippen molar-refractivity contribution in [1.29, 1.82) is 5.26 Å². The molecular formula is C11H6ClNO. The number of carbonyl (C=O) groups is 1. The van der Waals surface area contributed by atoms with E-state index >= 15 is 0 Å². The summed E-state index contributed by atoms with van der Waals surface area (Å²) in [5.41, 5.74) is 1.11. The van der Waals surface area contributed by atoms with Crippen molar-refractivity contribution in [1.82, 2.24) is 0 Å². The van der Waals surface area contributed by atoms with Gasteiger partial charge in [-0.05, 0) is 18.2 Å². The molecule has 0 spiro atoms. The molecule has 14 heavy (non-hydrogen) atoms. The third-order valence-electron chi connectivity index (χ3n) is 1.45. The maximum atomic E-state index is 10.0. The fourth-order valence-electron chi connectivity index (χ4n) is 0.921. The summed E-state index contributed by atoms with van der Waals surface area (Å²) in [6, 6.07) is 6.82. The molecule has 0 saturated heterocycles. The summed E-state index contributed by atoms with van der Waals surface area (Å²) in [6.45, 7) is 0. The van der Waals surface area contributed by atoms with Crippen LogP contribution in [0.15, 0.2) is 18.2 Å². The standard InChI is InChI=1S/C11H6ClNO/c12-11-6-9(3-1-2-4-14)5-10(7-11)8-13/h4-7H,2H2. The summed E-state index contributed by atoms with van der Waals surface area (Å²) in [5, 5.41) is 9.12. The van der Waals surface area contributed by atoms with Crippen molar-refractivity contribution in [2.24, 2.45) is 0 Å². The molecule has 0 aliphatic carbocycles. The molecule has 1 aromatic carbocycles. The van der Waals surface area contributed by atoms with E-state index in [9.17, 15) is 4.79 Å². The van der Waals surface area contributed by atoms with Gasteiger partial charge in [-0.1, -0.05) is 23.4 Å². The smallest absolute Gasteiger partial charge is 0.131 e. The zero-order chi connectivity index (χ0) is 10.4. The van der Waals surface area contributed by atoms with Crippen LogP contribution in [0.1, 0.15) is 17.5 Å². The van der Waals surface area contributed by atoms with Crippen LogP contribution in [0.3, 0.4) is 0 Å². The van der Waals surface area contributed by atoms with Gasteiger partial charge in [0.25, 0.3) is 0 Å². The molecule has 0 amide bonds. The molecule has 0 atom stereocenters. The Hall–Kier alpha value is -1.77. The average Bonchev–Trinajstić information content (AvgIpc) is 2.17. The van der Waals surface area contributed by atoms with Crippen molar-refractivity contribution in [3.63, 3.8) is 0 Å². The van der Waals surface area contributed by atoms with Crippen LogP contribution >= 0.6 is 11.6 Å². The Morgan fingerprint density at radius 3 is 2.71 bits per heavy atom. The van der Waals surface area contributed by atoms with Crippen LogP contribution in [0.25, 0.3) is 0 Å². The van der Waals surface area contributed by atoms with Crippen LogP contribution in [0, 0.1) is 23.2 Å². The van der Waals surface area contributed by atoms with Crippen molar-refractivity contribution in [2.45, 2.75) is 6.42 Å². The lowest BCUT2D eigenvalue weighted by molar-refractivity contribution is -0.107. The lowest BCUT2D eigenvalue weighted by atomic mass is 10.1. The highest BCUT2D eigenvalue weighted by Crippen LogP contribution is 2.13. The van der Waals surface area contributed by atoms with Gasteiger partial charge in [0.1, 0.15) is 6.29 Å². The largest absolute Gasteiger partial charge is 0.302 e.